The molecule has 2 unspecified atom stereocenters. The number of phenolic OH excluding ortho intramolecular Hbond substituents is 1. The van der Waals surface area contributed by atoms with Crippen molar-refractivity contribution in [1.82, 2.24) is 4.98 Å². The number of ether oxygens (including phenoxy) is 2. The molecule has 0 saturated carbocycles. The molecular formula is C26H25N3O5S. The van der Waals surface area contributed by atoms with Crippen LogP contribution in [0.5, 0.6) is 5.75 Å². The molecule has 1 aromatic heterocycles. The lowest BCUT2D eigenvalue weighted by Gasteiger charge is -2.32. The minimum Gasteiger partial charge on any atom is -0.508 e. The van der Waals surface area contributed by atoms with Crippen molar-refractivity contribution >= 4 is 39.8 Å². The number of benzene rings is 2. The van der Waals surface area contributed by atoms with E-state index in [2.05, 4.69) is 15.3 Å². The van der Waals surface area contributed by atoms with E-state index >= 15 is 0 Å². The number of allylic oxidation sites excluding steroid dienone is 1. The van der Waals surface area contributed by atoms with Crippen LogP contribution in [0, 0.1) is 5.92 Å². The van der Waals surface area contributed by atoms with Crippen molar-refractivity contribution in [3.8, 4) is 17.0 Å². The molecule has 1 aliphatic heterocycles. The SMILES string of the molecule is COC(=O)C1=C(C)N=C(C)C(C(=O)OC)C1c1ccccc1Nc1nc(-c2ccc(O)cc2)cs1. The van der Waals surface area contributed by atoms with Crippen molar-refractivity contribution in [1.29, 1.82) is 0 Å². The molecule has 2 heterocycles. The summed E-state index contributed by atoms with van der Waals surface area (Å²) in [6.45, 7) is 3.49. The average Bonchev–Trinajstić information content (AvgIpc) is 3.32. The Balaban J connectivity index is 1.76. The van der Waals surface area contributed by atoms with Gasteiger partial charge in [-0.15, -0.1) is 11.3 Å². The summed E-state index contributed by atoms with van der Waals surface area (Å²) in [5, 5.41) is 15.4. The largest absolute Gasteiger partial charge is 0.508 e. The third kappa shape index (κ3) is 4.81. The number of hydrogen-bond acceptors (Lipinski definition) is 9. The highest BCUT2D eigenvalue weighted by molar-refractivity contribution is 7.14. The Labute approximate surface area is 207 Å². The predicted octanol–water partition coefficient (Wildman–Crippen LogP) is 5.05. The van der Waals surface area contributed by atoms with Gasteiger partial charge in [0.2, 0.25) is 0 Å². The summed E-state index contributed by atoms with van der Waals surface area (Å²) in [4.78, 5) is 34.8. The molecule has 1 aliphatic rings. The van der Waals surface area contributed by atoms with Crippen molar-refractivity contribution in [3.05, 3.63) is 70.7 Å². The third-order valence-corrected chi connectivity index (χ3v) is 6.65. The molecule has 0 saturated heterocycles. The second-order valence-electron chi connectivity index (χ2n) is 8.02. The average molecular weight is 492 g/mol. The Morgan fingerprint density at radius 1 is 1.03 bits per heavy atom. The Hall–Kier alpha value is -3.98. The number of carbonyl (C=O) groups is 2. The van der Waals surface area contributed by atoms with Crippen LogP contribution in [-0.4, -0.2) is 42.0 Å². The number of aliphatic imine (C=N–C) groups is 1. The summed E-state index contributed by atoms with van der Waals surface area (Å²) in [7, 11) is 2.63. The first-order chi connectivity index (χ1) is 16.8. The molecule has 9 heteroatoms. The molecule has 0 radical (unpaired) electrons. The summed E-state index contributed by atoms with van der Waals surface area (Å²) in [6.07, 6.45) is 0. The van der Waals surface area contributed by atoms with Gasteiger partial charge in [0.05, 0.1) is 25.5 Å². The number of aromatic hydroxyl groups is 1. The number of nitrogens with one attached hydrogen (secondary N) is 1. The number of para-hydroxylation sites is 1. The number of carbonyl (C=O) groups excluding carboxylic acids is 2. The van der Waals surface area contributed by atoms with Gasteiger partial charge in [-0.1, -0.05) is 18.2 Å². The van der Waals surface area contributed by atoms with Crippen LogP contribution in [0.15, 0.2) is 70.2 Å². The quantitative estimate of drug-likeness (QED) is 0.464. The zero-order chi connectivity index (χ0) is 25.1. The highest BCUT2D eigenvalue weighted by Gasteiger charge is 2.43. The molecule has 0 fully saturated rings. The van der Waals surface area contributed by atoms with E-state index in [0.29, 0.717) is 27.8 Å². The monoisotopic (exact) mass is 491 g/mol. The van der Waals surface area contributed by atoms with Crippen LogP contribution in [-0.2, 0) is 19.1 Å². The van der Waals surface area contributed by atoms with E-state index in [-0.39, 0.29) is 5.75 Å². The maximum Gasteiger partial charge on any atom is 0.336 e. The lowest BCUT2D eigenvalue weighted by atomic mass is 9.75. The van der Waals surface area contributed by atoms with E-state index in [9.17, 15) is 14.7 Å². The van der Waals surface area contributed by atoms with Gasteiger partial charge in [-0.25, -0.2) is 9.78 Å². The van der Waals surface area contributed by atoms with Crippen LogP contribution >= 0.6 is 11.3 Å². The van der Waals surface area contributed by atoms with Crippen molar-refractivity contribution in [2.75, 3.05) is 19.5 Å². The summed E-state index contributed by atoms with van der Waals surface area (Å²) >= 11 is 1.42. The van der Waals surface area contributed by atoms with Gasteiger partial charge < -0.3 is 19.9 Å². The number of phenols is 1. The maximum absolute atomic E-state index is 12.9. The first-order valence-corrected chi connectivity index (χ1v) is 11.7. The molecule has 4 rings (SSSR count). The van der Waals surface area contributed by atoms with Gasteiger partial charge in [-0.05, 0) is 49.7 Å². The van der Waals surface area contributed by atoms with Crippen molar-refractivity contribution in [3.63, 3.8) is 0 Å². The topological polar surface area (TPSA) is 110 Å². The molecular weight excluding hydrogens is 466 g/mol. The molecule has 180 valence electrons. The van der Waals surface area contributed by atoms with Gasteiger partial charge in [0, 0.05) is 34.0 Å². The van der Waals surface area contributed by atoms with Crippen LogP contribution in [0.25, 0.3) is 11.3 Å². The van der Waals surface area contributed by atoms with E-state index in [1.165, 1.54) is 25.6 Å². The zero-order valence-corrected chi connectivity index (χ0v) is 20.6. The van der Waals surface area contributed by atoms with Crippen LogP contribution in [0.1, 0.15) is 25.3 Å². The Kier molecular flexibility index (Phi) is 6.97. The van der Waals surface area contributed by atoms with Crippen LogP contribution < -0.4 is 5.32 Å². The van der Waals surface area contributed by atoms with Crippen LogP contribution in [0.3, 0.4) is 0 Å². The fourth-order valence-corrected chi connectivity index (χ4v) is 5.01. The normalized spacial score (nSPS) is 17.5. The number of esters is 2. The van der Waals surface area contributed by atoms with Gasteiger partial charge in [0.1, 0.15) is 11.7 Å². The summed E-state index contributed by atoms with van der Waals surface area (Å²) in [5.41, 5.74) is 4.42. The highest BCUT2D eigenvalue weighted by Crippen LogP contribution is 2.43. The molecule has 8 nitrogen and oxygen atoms in total. The lowest BCUT2D eigenvalue weighted by molar-refractivity contribution is -0.143. The Morgan fingerprint density at radius 2 is 1.74 bits per heavy atom. The van der Waals surface area contributed by atoms with Gasteiger partial charge in [0.15, 0.2) is 5.13 Å². The standard InChI is InChI=1S/C26H25N3O5S/c1-14-21(24(31)33-3)23(22(15(2)27-14)25(32)34-4)18-7-5-6-8-19(18)28-26-29-20(13-35-26)16-9-11-17(30)12-10-16/h5-13,21,23,30H,1-4H3,(H,28,29). The molecule has 0 amide bonds. The number of nitrogens with zero attached hydrogens (tertiary/aromatic N) is 2. The van der Waals surface area contributed by atoms with Crippen LogP contribution in [0.2, 0.25) is 0 Å². The van der Waals surface area contributed by atoms with E-state index in [1.807, 2.05) is 29.6 Å². The predicted molar refractivity (Wildman–Crippen MR) is 135 cm³/mol. The zero-order valence-electron chi connectivity index (χ0n) is 19.7. The molecule has 35 heavy (non-hydrogen) atoms. The molecule has 0 bridgehead atoms. The van der Waals surface area contributed by atoms with Gasteiger partial charge in [-0.2, -0.15) is 0 Å². The number of hydrogen-bond donors (Lipinski definition) is 2. The number of thiazole rings is 1. The maximum atomic E-state index is 12.9. The molecule has 3 aromatic rings. The van der Waals surface area contributed by atoms with E-state index < -0.39 is 23.8 Å². The number of anilines is 2. The number of aromatic nitrogens is 1. The highest BCUT2D eigenvalue weighted by atomic mass is 32.1. The summed E-state index contributed by atoms with van der Waals surface area (Å²) < 4.78 is 10.1. The minimum absolute atomic E-state index is 0.187. The van der Waals surface area contributed by atoms with Crippen molar-refractivity contribution in [2.24, 2.45) is 10.9 Å². The lowest BCUT2D eigenvalue weighted by Crippen LogP contribution is -2.36. The van der Waals surface area contributed by atoms with Gasteiger partial charge in [0.25, 0.3) is 0 Å². The minimum atomic E-state index is -0.787. The first-order valence-electron chi connectivity index (χ1n) is 10.9. The summed E-state index contributed by atoms with van der Waals surface area (Å²) in [6, 6.07) is 14.3. The third-order valence-electron chi connectivity index (χ3n) is 5.89. The molecule has 0 aliphatic carbocycles. The van der Waals surface area contributed by atoms with E-state index in [1.54, 1.807) is 38.1 Å². The number of methoxy groups -OCH3 is 2. The fourth-order valence-electron chi connectivity index (χ4n) is 4.27. The fraction of sp³-hybridized carbons (Fsp3) is 0.231. The van der Waals surface area contributed by atoms with Crippen LogP contribution in [0.4, 0.5) is 10.8 Å². The Bertz CT molecular complexity index is 1330. The molecule has 2 aromatic carbocycles. The molecule has 2 atom stereocenters. The first kappa shape index (κ1) is 24.2. The number of rotatable bonds is 6. The second kappa shape index (κ2) is 10.1. The van der Waals surface area contributed by atoms with E-state index in [0.717, 1.165) is 16.8 Å². The van der Waals surface area contributed by atoms with Gasteiger partial charge in [-0.3, -0.25) is 9.79 Å². The van der Waals surface area contributed by atoms with Crippen molar-refractivity contribution in [2.45, 2.75) is 19.8 Å². The van der Waals surface area contributed by atoms with E-state index in [4.69, 9.17) is 9.47 Å². The summed E-state index contributed by atoms with van der Waals surface area (Å²) in [5.74, 6) is -2.29. The van der Waals surface area contributed by atoms with Gasteiger partial charge >= 0.3 is 11.9 Å². The smallest absolute Gasteiger partial charge is 0.336 e. The van der Waals surface area contributed by atoms with Crippen molar-refractivity contribution < 1.29 is 24.2 Å². The molecule has 2 N–H and O–H groups in total. The molecule has 0 spiro atoms. The Morgan fingerprint density at radius 3 is 2.43 bits per heavy atom. The second-order valence-corrected chi connectivity index (χ2v) is 8.88.